The van der Waals surface area contributed by atoms with E-state index in [-0.39, 0.29) is 29.6 Å². The van der Waals surface area contributed by atoms with E-state index in [2.05, 4.69) is 47.5 Å². The van der Waals surface area contributed by atoms with E-state index in [0.717, 1.165) is 56.5 Å². The highest BCUT2D eigenvalue weighted by atomic mass is 127. The van der Waals surface area contributed by atoms with Crippen molar-refractivity contribution in [2.24, 2.45) is 4.99 Å². The summed E-state index contributed by atoms with van der Waals surface area (Å²) in [6.45, 7) is 9.01. The number of rotatable bonds is 11. The number of fused-ring (bicyclic) bond motifs is 1. The van der Waals surface area contributed by atoms with Gasteiger partial charge in [-0.1, -0.05) is 12.1 Å². The molecule has 0 saturated carbocycles. The van der Waals surface area contributed by atoms with E-state index >= 15 is 0 Å². The van der Waals surface area contributed by atoms with Gasteiger partial charge in [0.05, 0.1) is 6.54 Å². The molecule has 0 atom stereocenters. The summed E-state index contributed by atoms with van der Waals surface area (Å²) in [5.41, 5.74) is 1.05. The van der Waals surface area contributed by atoms with Crippen LogP contribution in [0.25, 0.3) is 0 Å². The van der Waals surface area contributed by atoms with Gasteiger partial charge in [0.1, 0.15) is 12.2 Å². The molecule has 0 aliphatic carbocycles. The number of nitrogens with one attached hydrogen (secondary N) is 2. The number of likely N-dealkylation sites (N-methyl/N-ethyl adjacent to an activating group) is 1. The Labute approximate surface area is 192 Å². The molecule has 1 heterocycles. The molecular formula is C21H37IN4O3. The lowest BCUT2D eigenvalue weighted by molar-refractivity contribution is 0.132. The average Bonchev–Trinajstić information content (AvgIpc) is 2.98. The standard InChI is InChI=1S/C21H36N4O3.HI/c1-21(2)16-17-8-6-9-18(19(17)28-21)27-15-11-24-20(22-3)23-10-13-25(4)12-7-14-26-5;/h6,8-9H,7,10-16H2,1-5H3,(H2,22,23,24);1H. The van der Waals surface area contributed by atoms with Crippen molar-refractivity contribution in [1.29, 1.82) is 0 Å². The van der Waals surface area contributed by atoms with Crippen molar-refractivity contribution < 1.29 is 14.2 Å². The van der Waals surface area contributed by atoms with Gasteiger partial charge in [-0.15, -0.1) is 24.0 Å². The fourth-order valence-corrected chi connectivity index (χ4v) is 3.21. The van der Waals surface area contributed by atoms with Gasteiger partial charge in [-0.2, -0.15) is 0 Å². The Balaban J connectivity index is 0.00000420. The minimum absolute atomic E-state index is 0. The minimum atomic E-state index is -0.164. The maximum absolute atomic E-state index is 6.04. The lowest BCUT2D eigenvalue weighted by Gasteiger charge is -2.19. The van der Waals surface area contributed by atoms with E-state index in [1.54, 1.807) is 14.2 Å². The molecule has 8 heteroatoms. The van der Waals surface area contributed by atoms with E-state index in [9.17, 15) is 0 Å². The lowest BCUT2D eigenvalue weighted by atomic mass is 10.0. The maximum Gasteiger partial charge on any atom is 0.191 e. The molecule has 166 valence electrons. The first kappa shape index (κ1) is 25.8. The summed E-state index contributed by atoms with van der Waals surface area (Å²) in [7, 11) is 5.63. The fourth-order valence-electron chi connectivity index (χ4n) is 3.21. The van der Waals surface area contributed by atoms with Gasteiger partial charge in [-0.3, -0.25) is 4.99 Å². The van der Waals surface area contributed by atoms with Crippen LogP contribution in [0.15, 0.2) is 23.2 Å². The number of ether oxygens (including phenoxy) is 3. The summed E-state index contributed by atoms with van der Waals surface area (Å²) < 4.78 is 17.1. The van der Waals surface area contributed by atoms with E-state index in [4.69, 9.17) is 14.2 Å². The fraction of sp³-hybridized carbons (Fsp3) is 0.667. The summed E-state index contributed by atoms with van der Waals surface area (Å²) in [6, 6.07) is 6.09. The van der Waals surface area contributed by atoms with Crippen LogP contribution in [0, 0.1) is 0 Å². The number of benzene rings is 1. The molecule has 1 aromatic carbocycles. The van der Waals surface area contributed by atoms with Crippen LogP contribution in [0.3, 0.4) is 0 Å². The number of nitrogens with zero attached hydrogens (tertiary/aromatic N) is 2. The topological polar surface area (TPSA) is 67.4 Å². The Morgan fingerprint density at radius 1 is 1.21 bits per heavy atom. The second-order valence-corrected chi connectivity index (χ2v) is 7.71. The van der Waals surface area contributed by atoms with Crippen molar-refractivity contribution in [1.82, 2.24) is 15.5 Å². The number of hydrogen-bond acceptors (Lipinski definition) is 5. The molecule has 0 unspecified atom stereocenters. The molecule has 0 aromatic heterocycles. The van der Waals surface area contributed by atoms with Crippen molar-refractivity contribution in [2.75, 3.05) is 60.6 Å². The molecular weight excluding hydrogens is 483 g/mol. The minimum Gasteiger partial charge on any atom is -0.488 e. The summed E-state index contributed by atoms with van der Waals surface area (Å²) >= 11 is 0. The van der Waals surface area contributed by atoms with Crippen LogP contribution in [0.1, 0.15) is 25.8 Å². The van der Waals surface area contributed by atoms with Gasteiger partial charge in [0.25, 0.3) is 0 Å². The first-order valence-electron chi connectivity index (χ1n) is 10.0. The molecule has 0 amide bonds. The predicted octanol–water partition coefficient (Wildman–Crippen LogP) is 2.53. The summed E-state index contributed by atoms with van der Waals surface area (Å²) in [5.74, 6) is 2.47. The summed E-state index contributed by atoms with van der Waals surface area (Å²) in [4.78, 5) is 6.54. The highest BCUT2D eigenvalue weighted by molar-refractivity contribution is 14.0. The Hall–Kier alpha value is -1.26. The number of halogens is 1. The number of aliphatic imine (C=N–C) groups is 1. The van der Waals surface area contributed by atoms with Gasteiger partial charge in [-0.05, 0) is 33.4 Å². The Morgan fingerprint density at radius 2 is 1.97 bits per heavy atom. The smallest absolute Gasteiger partial charge is 0.191 e. The van der Waals surface area contributed by atoms with E-state index in [1.165, 1.54) is 5.56 Å². The Kier molecular flexibility index (Phi) is 11.7. The first-order chi connectivity index (χ1) is 13.4. The Bertz CT molecular complexity index is 640. The maximum atomic E-state index is 6.04. The third kappa shape index (κ3) is 8.96. The third-order valence-corrected chi connectivity index (χ3v) is 4.60. The molecule has 1 aliphatic rings. The van der Waals surface area contributed by atoms with Crippen molar-refractivity contribution >= 4 is 29.9 Å². The molecule has 7 nitrogen and oxygen atoms in total. The second kappa shape index (κ2) is 13.1. The van der Waals surface area contributed by atoms with Gasteiger partial charge in [0, 0.05) is 52.4 Å². The average molecular weight is 520 g/mol. The number of para-hydroxylation sites is 1. The van der Waals surface area contributed by atoms with Crippen LogP contribution in [-0.2, 0) is 11.2 Å². The molecule has 2 N–H and O–H groups in total. The zero-order valence-corrected chi connectivity index (χ0v) is 20.7. The van der Waals surface area contributed by atoms with E-state index < -0.39 is 0 Å². The zero-order chi connectivity index (χ0) is 20.4. The number of methoxy groups -OCH3 is 1. The SMILES string of the molecule is CN=C(NCCOc1cccc2c1OC(C)(C)C2)NCCN(C)CCCOC.I. The van der Waals surface area contributed by atoms with Crippen molar-refractivity contribution in [3.8, 4) is 11.5 Å². The van der Waals surface area contributed by atoms with Gasteiger partial charge in [0.2, 0.25) is 0 Å². The number of hydrogen-bond donors (Lipinski definition) is 2. The Morgan fingerprint density at radius 3 is 2.69 bits per heavy atom. The van der Waals surface area contributed by atoms with Crippen molar-refractivity contribution in [3.05, 3.63) is 23.8 Å². The van der Waals surface area contributed by atoms with Gasteiger partial charge in [-0.25, -0.2) is 0 Å². The molecule has 29 heavy (non-hydrogen) atoms. The molecule has 0 fully saturated rings. The lowest BCUT2D eigenvalue weighted by Crippen LogP contribution is -2.42. The van der Waals surface area contributed by atoms with Crippen LogP contribution < -0.4 is 20.1 Å². The molecule has 1 aromatic rings. The highest BCUT2D eigenvalue weighted by Crippen LogP contribution is 2.41. The van der Waals surface area contributed by atoms with Gasteiger partial charge < -0.3 is 29.7 Å². The van der Waals surface area contributed by atoms with Gasteiger partial charge >= 0.3 is 0 Å². The monoisotopic (exact) mass is 520 g/mol. The van der Waals surface area contributed by atoms with Crippen LogP contribution in [0.2, 0.25) is 0 Å². The zero-order valence-electron chi connectivity index (χ0n) is 18.4. The van der Waals surface area contributed by atoms with Crippen LogP contribution in [0.4, 0.5) is 0 Å². The van der Waals surface area contributed by atoms with Crippen molar-refractivity contribution in [2.45, 2.75) is 32.3 Å². The summed E-state index contributed by atoms with van der Waals surface area (Å²) in [5, 5.41) is 6.61. The van der Waals surface area contributed by atoms with Crippen LogP contribution in [-0.4, -0.2) is 77.1 Å². The molecule has 0 spiro atoms. The quantitative estimate of drug-likeness (QED) is 0.202. The molecule has 2 rings (SSSR count). The highest BCUT2D eigenvalue weighted by Gasteiger charge is 2.32. The molecule has 0 bridgehead atoms. The predicted molar refractivity (Wildman–Crippen MR) is 129 cm³/mol. The summed E-state index contributed by atoms with van der Waals surface area (Å²) in [6.07, 6.45) is 1.95. The van der Waals surface area contributed by atoms with E-state index in [1.807, 2.05) is 12.1 Å². The number of guanidine groups is 1. The molecule has 1 aliphatic heterocycles. The van der Waals surface area contributed by atoms with Gasteiger partial charge in [0.15, 0.2) is 17.5 Å². The normalized spacial score (nSPS) is 14.8. The first-order valence-corrected chi connectivity index (χ1v) is 10.0. The van der Waals surface area contributed by atoms with Crippen LogP contribution >= 0.6 is 24.0 Å². The molecule has 0 radical (unpaired) electrons. The van der Waals surface area contributed by atoms with E-state index in [0.29, 0.717) is 13.2 Å². The van der Waals surface area contributed by atoms with Crippen LogP contribution in [0.5, 0.6) is 11.5 Å². The van der Waals surface area contributed by atoms with Crippen molar-refractivity contribution in [3.63, 3.8) is 0 Å². The third-order valence-electron chi connectivity index (χ3n) is 4.60. The second-order valence-electron chi connectivity index (χ2n) is 7.71. The largest absolute Gasteiger partial charge is 0.488 e. The molecule has 0 saturated heterocycles.